The number of rotatable bonds is 8. The SMILES string of the molecule is CO[C@H](C)CNC(=O)c1c(C)[nH]c(/C=C2\C(=O)Nc3ccc(C(=O)N[C@H](C)c4ccc(F)cc4)cc32)c1C. The number of halogens is 1. The fraction of sp³-hybridized carbons (Fsp3) is 0.276. The van der Waals surface area contributed by atoms with Gasteiger partial charge in [0.05, 0.1) is 23.3 Å². The molecule has 0 radical (unpaired) electrons. The smallest absolute Gasteiger partial charge is 0.256 e. The number of nitrogens with one attached hydrogen (secondary N) is 4. The van der Waals surface area contributed by atoms with E-state index in [4.69, 9.17) is 4.74 Å². The van der Waals surface area contributed by atoms with Crippen molar-refractivity contribution in [2.45, 2.75) is 39.8 Å². The molecule has 198 valence electrons. The van der Waals surface area contributed by atoms with Crippen LogP contribution in [0.1, 0.15) is 68.7 Å². The van der Waals surface area contributed by atoms with Gasteiger partial charge in [0.15, 0.2) is 0 Å². The number of ether oxygens (including phenoxy) is 1. The van der Waals surface area contributed by atoms with E-state index in [-0.39, 0.29) is 35.7 Å². The Bertz CT molecular complexity index is 1430. The van der Waals surface area contributed by atoms with Gasteiger partial charge in [0, 0.05) is 41.9 Å². The van der Waals surface area contributed by atoms with Crippen molar-refractivity contribution in [3.05, 3.63) is 87.5 Å². The quantitative estimate of drug-likeness (QED) is 0.329. The molecule has 0 fully saturated rings. The van der Waals surface area contributed by atoms with Gasteiger partial charge in [0.2, 0.25) is 0 Å². The maximum Gasteiger partial charge on any atom is 0.256 e. The molecule has 0 saturated carbocycles. The van der Waals surface area contributed by atoms with Gasteiger partial charge in [-0.25, -0.2) is 4.39 Å². The van der Waals surface area contributed by atoms with E-state index >= 15 is 0 Å². The van der Waals surface area contributed by atoms with Gasteiger partial charge in [0.1, 0.15) is 5.82 Å². The van der Waals surface area contributed by atoms with E-state index in [9.17, 15) is 18.8 Å². The first-order valence-corrected chi connectivity index (χ1v) is 12.3. The molecule has 2 aromatic carbocycles. The fourth-order valence-corrected chi connectivity index (χ4v) is 4.40. The van der Waals surface area contributed by atoms with E-state index in [2.05, 4.69) is 20.9 Å². The Labute approximate surface area is 220 Å². The zero-order valence-corrected chi connectivity index (χ0v) is 22.0. The van der Waals surface area contributed by atoms with Gasteiger partial charge in [-0.3, -0.25) is 14.4 Å². The van der Waals surface area contributed by atoms with Crippen LogP contribution in [0.15, 0.2) is 42.5 Å². The Morgan fingerprint density at radius 3 is 2.47 bits per heavy atom. The van der Waals surface area contributed by atoms with Crippen LogP contribution < -0.4 is 16.0 Å². The third kappa shape index (κ3) is 5.52. The van der Waals surface area contributed by atoms with Gasteiger partial charge in [-0.2, -0.15) is 0 Å². The summed E-state index contributed by atoms with van der Waals surface area (Å²) >= 11 is 0. The van der Waals surface area contributed by atoms with Crippen LogP contribution in [0.25, 0.3) is 11.6 Å². The minimum Gasteiger partial charge on any atom is -0.380 e. The lowest BCUT2D eigenvalue weighted by Gasteiger charge is -2.15. The van der Waals surface area contributed by atoms with Crippen molar-refractivity contribution in [1.82, 2.24) is 15.6 Å². The van der Waals surface area contributed by atoms with Gasteiger partial charge in [0.25, 0.3) is 17.7 Å². The Morgan fingerprint density at radius 2 is 1.79 bits per heavy atom. The first-order valence-electron chi connectivity index (χ1n) is 12.3. The second kappa shape index (κ2) is 11.0. The van der Waals surface area contributed by atoms with Crippen molar-refractivity contribution in [2.24, 2.45) is 0 Å². The highest BCUT2D eigenvalue weighted by molar-refractivity contribution is 6.35. The summed E-state index contributed by atoms with van der Waals surface area (Å²) in [7, 11) is 1.58. The summed E-state index contributed by atoms with van der Waals surface area (Å²) < 4.78 is 18.4. The summed E-state index contributed by atoms with van der Waals surface area (Å²) in [5.41, 5.74) is 5.25. The Kier molecular flexibility index (Phi) is 7.78. The highest BCUT2D eigenvalue weighted by Gasteiger charge is 2.27. The van der Waals surface area contributed by atoms with Crippen molar-refractivity contribution in [2.75, 3.05) is 19.0 Å². The van der Waals surface area contributed by atoms with Gasteiger partial charge in [-0.05, 0) is 75.2 Å². The lowest BCUT2D eigenvalue weighted by Crippen LogP contribution is -2.32. The zero-order chi connectivity index (χ0) is 27.6. The number of carbonyl (C=O) groups is 3. The third-order valence-electron chi connectivity index (χ3n) is 6.73. The molecular formula is C29H31FN4O4. The van der Waals surface area contributed by atoms with Crippen molar-refractivity contribution in [1.29, 1.82) is 0 Å². The first kappa shape index (κ1) is 26.8. The first-order chi connectivity index (χ1) is 18.1. The number of fused-ring (bicyclic) bond motifs is 1. The van der Waals surface area contributed by atoms with Crippen molar-refractivity contribution < 1.29 is 23.5 Å². The molecule has 4 rings (SSSR count). The van der Waals surface area contributed by atoms with Crippen molar-refractivity contribution >= 4 is 35.1 Å². The van der Waals surface area contributed by atoms with Crippen LogP contribution in [0.3, 0.4) is 0 Å². The van der Waals surface area contributed by atoms with E-state index in [0.29, 0.717) is 51.4 Å². The standard InChI is InChI=1S/C29H31FN4O4/c1-15(38-5)14-31-29(37)26-16(2)25(32-18(26)4)13-23-22-12-20(8-11-24(22)34-28(23)36)27(35)33-17(3)19-6-9-21(30)10-7-19/h6-13,15,17,32H,14H2,1-5H3,(H,31,37)(H,33,35)(H,34,36)/b23-13-/t15-,17-/m1/s1. The summed E-state index contributed by atoms with van der Waals surface area (Å²) in [6, 6.07) is 10.6. The molecule has 0 bridgehead atoms. The maximum atomic E-state index is 13.2. The average Bonchev–Trinajstić information content (AvgIpc) is 3.36. The highest BCUT2D eigenvalue weighted by Crippen LogP contribution is 2.35. The Balaban J connectivity index is 1.58. The third-order valence-corrected chi connectivity index (χ3v) is 6.73. The molecule has 2 heterocycles. The topological polar surface area (TPSA) is 112 Å². The summed E-state index contributed by atoms with van der Waals surface area (Å²) in [6.45, 7) is 7.67. The minimum absolute atomic E-state index is 0.121. The summed E-state index contributed by atoms with van der Waals surface area (Å²) in [5, 5.41) is 8.60. The number of hydrogen-bond acceptors (Lipinski definition) is 4. The Hall–Kier alpha value is -4.24. The van der Waals surface area contributed by atoms with Crippen molar-refractivity contribution in [3.8, 4) is 0 Å². The number of aromatic nitrogens is 1. The molecule has 1 aromatic heterocycles. The predicted octanol–water partition coefficient (Wildman–Crippen LogP) is 4.52. The zero-order valence-electron chi connectivity index (χ0n) is 22.0. The van der Waals surface area contributed by atoms with Crippen LogP contribution in [0.2, 0.25) is 0 Å². The van der Waals surface area contributed by atoms with Gasteiger partial charge < -0.3 is 25.7 Å². The average molecular weight is 519 g/mol. The number of aryl methyl sites for hydroxylation is 1. The molecule has 38 heavy (non-hydrogen) atoms. The number of H-pyrrole nitrogens is 1. The molecule has 4 N–H and O–H groups in total. The number of hydrogen-bond donors (Lipinski definition) is 4. The number of methoxy groups -OCH3 is 1. The number of benzene rings is 2. The number of carbonyl (C=O) groups excluding carboxylic acids is 3. The number of aromatic amines is 1. The normalized spacial score (nSPS) is 15.1. The van der Waals surface area contributed by atoms with Gasteiger partial charge in [-0.15, -0.1) is 0 Å². The highest BCUT2D eigenvalue weighted by atomic mass is 19.1. The summed E-state index contributed by atoms with van der Waals surface area (Å²) in [5.74, 6) is -1.19. The molecule has 8 nitrogen and oxygen atoms in total. The van der Waals surface area contributed by atoms with E-state index in [0.717, 1.165) is 5.56 Å². The maximum absolute atomic E-state index is 13.2. The van der Waals surface area contributed by atoms with Crippen LogP contribution in [0.5, 0.6) is 0 Å². The minimum atomic E-state index is -0.344. The molecule has 3 amide bonds. The van der Waals surface area contributed by atoms with E-state index < -0.39 is 0 Å². The lowest BCUT2D eigenvalue weighted by atomic mass is 10.0. The van der Waals surface area contributed by atoms with Crippen LogP contribution >= 0.6 is 0 Å². The molecule has 0 aliphatic carbocycles. The Morgan fingerprint density at radius 1 is 1.08 bits per heavy atom. The van der Waals surface area contributed by atoms with E-state index in [1.807, 2.05) is 20.8 Å². The molecule has 1 aliphatic heterocycles. The predicted molar refractivity (Wildman–Crippen MR) is 144 cm³/mol. The monoisotopic (exact) mass is 518 g/mol. The van der Waals surface area contributed by atoms with E-state index in [1.54, 1.807) is 50.4 Å². The lowest BCUT2D eigenvalue weighted by molar-refractivity contribution is -0.110. The molecule has 0 unspecified atom stereocenters. The summed E-state index contributed by atoms with van der Waals surface area (Å²) in [4.78, 5) is 41.8. The number of amides is 3. The second-order valence-corrected chi connectivity index (χ2v) is 9.44. The van der Waals surface area contributed by atoms with Crippen molar-refractivity contribution in [3.63, 3.8) is 0 Å². The van der Waals surface area contributed by atoms with Crippen LogP contribution in [-0.2, 0) is 9.53 Å². The largest absolute Gasteiger partial charge is 0.380 e. The van der Waals surface area contributed by atoms with Gasteiger partial charge >= 0.3 is 0 Å². The number of anilines is 1. The molecule has 1 aliphatic rings. The fourth-order valence-electron chi connectivity index (χ4n) is 4.40. The second-order valence-electron chi connectivity index (χ2n) is 9.44. The molecular weight excluding hydrogens is 487 g/mol. The summed E-state index contributed by atoms with van der Waals surface area (Å²) in [6.07, 6.45) is 1.57. The van der Waals surface area contributed by atoms with Crippen LogP contribution in [0, 0.1) is 19.7 Å². The van der Waals surface area contributed by atoms with Crippen LogP contribution in [0.4, 0.5) is 10.1 Å². The molecule has 3 aromatic rings. The molecule has 2 atom stereocenters. The van der Waals surface area contributed by atoms with Crippen LogP contribution in [-0.4, -0.2) is 42.5 Å². The molecule has 0 saturated heterocycles. The molecule has 0 spiro atoms. The van der Waals surface area contributed by atoms with E-state index in [1.165, 1.54) is 12.1 Å². The van der Waals surface area contributed by atoms with Gasteiger partial charge in [-0.1, -0.05) is 12.1 Å². The molecule has 9 heteroatoms.